The van der Waals surface area contributed by atoms with E-state index in [2.05, 4.69) is 10.2 Å². The number of aromatic amines is 1. The summed E-state index contributed by atoms with van der Waals surface area (Å²) in [6, 6.07) is 2.73. The molecular weight excluding hydrogens is 222 g/mol. The van der Waals surface area contributed by atoms with Crippen molar-refractivity contribution < 1.29 is 8.78 Å². The van der Waals surface area contributed by atoms with Gasteiger partial charge in [0.1, 0.15) is 11.6 Å². The quantitative estimate of drug-likeness (QED) is 0.804. The van der Waals surface area contributed by atoms with Crippen molar-refractivity contribution in [2.45, 2.75) is 26.2 Å². The smallest absolute Gasteiger partial charge is 0.137 e. The minimum Gasteiger partial charge on any atom is -0.285 e. The Bertz CT molecular complexity index is 525. The van der Waals surface area contributed by atoms with Crippen molar-refractivity contribution >= 4 is 0 Å². The first kappa shape index (κ1) is 11.8. The molecule has 0 amide bonds. The molecule has 0 saturated heterocycles. The van der Waals surface area contributed by atoms with Crippen LogP contribution in [0, 0.1) is 11.6 Å². The molecule has 0 fully saturated rings. The lowest BCUT2D eigenvalue weighted by molar-refractivity contribution is 0.477. The van der Waals surface area contributed by atoms with E-state index >= 15 is 0 Å². The lowest BCUT2D eigenvalue weighted by atomic mass is 9.84. The molecule has 0 aliphatic heterocycles. The van der Waals surface area contributed by atoms with Crippen molar-refractivity contribution in [1.29, 1.82) is 0 Å². The third kappa shape index (κ3) is 2.07. The first-order valence-electron chi connectivity index (χ1n) is 5.39. The fourth-order valence-electron chi connectivity index (χ4n) is 1.86. The summed E-state index contributed by atoms with van der Waals surface area (Å²) in [7, 11) is 0. The summed E-state index contributed by atoms with van der Waals surface area (Å²) in [4.78, 5) is 0. The second-order valence-electron chi connectivity index (χ2n) is 5.02. The van der Waals surface area contributed by atoms with Crippen molar-refractivity contribution in [3.8, 4) is 11.1 Å². The molecule has 1 N–H and O–H groups in total. The number of hydrogen-bond acceptors (Lipinski definition) is 1. The molecule has 0 aliphatic rings. The number of H-pyrrole nitrogens is 1. The van der Waals surface area contributed by atoms with Gasteiger partial charge in [-0.05, 0) is 17.5 Å². The van der Waals surface area contributed by atoms with Gasteiger partial charge in [0.15, 0.2) is 0 Å². The number of hydrogen-bond donors (Lipinski definition) is 1. The molecule has 90 valence electrons. The minimum absolute atomic E-state index is 0.108. The molecule has 1 heterocycles. The number of aromatic nitrogens is 2. The summed E-state index contributed by atoms with van der Waals surface area (Å²) < 4.78 is 28.0. The van der Waals surface area contributed by atoms with Crippen LogP contribution < -0.4 is 0 Å². The Morgan fingerprint density at radius 3 is 2.41 bits per heavy atom. The average Bonchev–Trinajstić information content (AvgIpc) is 2.68. The highest BCUT2D eigenvalue weighted by Gasteiger charge is 2.25. The van der Waals surface area contributed by atoms with Gasteiger partial charge in [-0.2, -0.15) is 5.10 Å². The Morgan fingerprint density at radius 2 is 1.88 bits per heavy atom. The van der Waals surface area contributed by atoms with Crippen LogP contribution in [0.25, 0.3) is 11.1 Å². The molecule has 2 nitrogen and oxygen atoms in total. The molecule has 0 bridgehead atoms. The van der Waals surface area contributed by atoms with Gasteiger partial charge in [0, 0.05) is 22.9 Å². The molecule has 2 rings (SSSR count). The molecule has 0 atom stereocenters. The molecule has 0 saturated carbocycles. The van der Waals surface area contributed by atoms with Crippen LogP contribution in [0.2, 0.25) is 0 Å². The molecule has 2 aromatic rings. The van der Waals surface area contributed by atoms with E-state index in [0.717, 1.165) is 0 Å². The van der Waals surface area contributed by atoms with Crippen molar-refractivity contribution in [1.82, 2.24) is 10.2 Å². The van der Waals surface area contributed by atoms with Crippen LogP contribution >= 0.6 is 0 Å². The van der Waals surface area contributed by atoms with Crippen LogP contribution in [0.4, 0.5) is 8.78 Å². The van der Waals surface area contributed by atoms with Crippen LogP contribution in [0.3, 0.4) is 0 Å². The van der Waals surface area contributed by atoms with E-state index in [-0.39, 0.29) is 5.56 Å². The highest BCUT2D eigenvalue weighted by molar-refractivity contribution is 5.64. The van der Waals surface area contributed by atoms with E-state index in [9.17, 15) is 8.78 Å². The summed E-state index contributed by atoms with van der Waals surface area (Å²) in [5, 5.41) is 6.39. The van der Waals surface area contributed by atoms with E-state index < -0.39 is 17.0 Å². The van der Waals surface area contributed by atoms with Gasteiger partial charge in [0.2, 0.25) is 0 Å². The summed E-state index contributed by atoms with van der Waals surface area (Å²) in [6.45, 7) is 5.36. The van der Waals surface area contributed by atoms with E-state index in [1.807, 2.05) is 0 Å². The molecular formula is C13H14F2N2. The van der Waals surface area contributed by atoms with E-state index in [1.165, 1.54) is 18.3 Å². The lowest BCUT2D eigenvalue weighted by Crippen LogP contribution is -2.16. The molecule has 0 radical (unpaired) electrons. The Kier molecular flexibility index (Phi) is 2.73. The fraction of sp³-hybridized carbons (Fsp3) is 0.308. The Morgan fingerprint density at radius 1 is 1.18 bits per heavy atom. The molecule has 4 heteroatoms. The molecule has 1 aromatic heterocycles. The minimum atomic E-state index is -0.575. The predicted molar refractivity (Wildman–Crippen MR) is 62.6 cm³/mol. The van der Waals surface area contributed by atoms with E-state index in [4.69, 9.17) is 0 Å². The van der Waals surface area contributed by atoms with Gasteiger partial charge in [0.05, 0.1) is 6.20 Å². The normalized spacial score (nSPS) is 11.8. The summed E-state index contributed by atoms with van der Waals surface area (Å²) in [5.74, 6) is -1.03. The lowest BCUT2D eigenvalue weighted by Gasteiger charge is -2.21. The molecule has 1 aromatic carbocycles. The highest BCUT2D eigenvalue weighted by atomic mass is 19.1. The maximum atomic E-state index is 14.3. The van der Waals surface area contributed by atoms with Crippen molar-refractivity contribution in [3.63, 3.8) is 0 Å². The van der Waals surface area contributed by atoms with Crippen LogP contribution in [-0.2, 0) is 5.41 Å². The van der Waals surface area contributed by atoms with Crippen LogP contribution in [0.15, 0.2) is 24.5 Å². The number of nitrogens with zero attached hydrogens (tertiary/aromatic N) is 1. The summed E-state index contributed by atoms with van der Waals surface area (Å²) in [5.41, 5.74) is 0.516. The molecule has 17 heavy (non-hydrogen) atoms. The first-order valence-corrected chi connectivity index (χ1v) is 5.39. The molecule has 0 spiro atoms. The predicted octanol–water partition coefficient (Wildman–Crippen LogP) is 3.65. The van der Waals surface area contributed by atoms with Gasteiger partial charge in [-0.3, -0.25) is 5.10 Å². The second-order valence-corrected chi connectivity index (χ2v) is 5.02. The van der Waals surface area contributed by atoms with Gasteiger partial charge >= 0.3 is 0 Å². The van der Waals surface area contributed by atoms with Crippen LogP contribution in [-0.4, -0.2) is 10.2 Å². The fourth-order valence-corrected chi connectivity index (χ4v) is 1.86. The standard InChI is InChI=1S/C13H14F2N2/c1-13(2,3)11-10(14)5-4-9(12(11)15)8-6-16-17-7-8/h4-7H,1-3H3,(H,16,17). The zero-order valence-corrected chi connectivity index (χ0v) is 10.0. The largest absolute Gasteiger partial charge is 0.285 e. The number of benzene rings is 1. The van der Waals surface area contributed by atoms with Gasteiger partial charge in [-0.1, -0.05) is 20.8 Å². The first-order chi connectivity index (χ1) is 7.91. The van der Waals surface area contributed by atoms with Gasteiger partial charge in [0.25, 0.3) is 0 Å². The topological polar surface area (TPSA) is 28.7 Å². The summed E-state index contributed by atoms with van der Waals surface area (Å²) >= 11 is 0. The van der Waals surface area contributed by atoms with Gasteiger partial charge < -0.3 is 0 Å². The Balaban J connectivity index is 2.66. The zero-order chi connectivity index (χ0) is 12.6. The van der Waals surface area contributed by atoms with Crippen molar-refractivity contribution in [2.24, 2.45) is 0 Å². The number of rotatable bonds is 1. The van der Waals surface area contributed by atoms with E-state index in [0.29, 0.717) is 11.1 Å². The highest BCUT2D eigenvalue weighted by Crippen LogP contribution is 2.33. The van der Waals surface area contributed by atoms with Crippen LogP contribution in [0.1, 0.15) is 26.3 Å². The maximum absolute atomic E-state index is 14.3. The van der Waals surface area contributed by atoms with Gasteiger partial charge in [-0.25, -0.2) is 8.78 Å². The third-order valence-electron chi connectivity index (χ3n) is 2.65. The van der Waals surface area contributed by atoms with Crippen molar-refractivity contribution in [2.75, 3.05) is 0 Å². The SMILES string of the molecule is CC(C)(C)c1c(F)ccc(-c2cn[nH]c2)c1F. The third-order valence-corrected chi connectivity index (χ3v) is 2.65. The second kappa shape index (κ2) is 3.95. The summed E-state index contributed by atoms with van der Waals surface area (Å²) in [6.07, 6.45) is 3.10. The number of nitrogens with one attached hydrogen (secondary N) is 1. The van der Waals surface area contributed by atoms with E-state index in [1.54, 1.807) is 27.0 Å². The van der Waals surface area contributed by atoms with Gasteiger partial charge in [-0.15, -0.1) is 0 Å². The average molecular weight is 236 g/mol. The maximum Gasteiger partial charge on any atom is 0.137 e. The zero-order valence-electron chi connectivity index (χ0n) is 10.0. The van der Waals surface area contributed by atoms with Crippen LogP contribution in [0.5, 0.6) is 0 Å². The molecule has 0 unspecified atom stereocenters. The van der Waals surface area contributed by atoms with Crippen molar-refractivity contribution in [3.05, 3.63) is 41.7 Å². The Hall–Kier alpha value is -1.71. The molecule has 0 aliphatic carbocycles. The number of halogens is 2. The monoisotopic (exact) mass is 236 g/mol. The Labute approximate surface area is 98.7 Å².